The van der Waals surface area contributed by atoms with E-state index in [0.29, 0.717) is 33.1 Å². The van der Waals surface area contributed by atoms with Gasteiger partial charge in [0.15, 0.2) is 0 Å². The quantitative estimate of drug-likeness (QED) is 0.166. The van der Waals surface area contributed by atoms with Crippen molar-refractivity contribution in [3.63, 3.8) is 0 Å². The zero-order chi connectivity index (χ0) is 36.5. The van der Waals surface area contributed by atoms with E-state index in [1.807, 2.05) is 6.08 Å². The number of carbonyl (C=O) groups excluding carboxylic acids is 4. The second kappa shape index (κ2) is 12.5. The largest absolute Gasteiger partial charge is 0.508 e. The fraction of sp³-hybridized carbons (Fsp3) is 0.250. The van der Waals surface area contributed by atoms with Gasteiger partial charge >= 0.3 is 0 Å². The molecule has 1 saturated carbocycles. The van der Waals surface area contributed by atoms with Gasteiger partial charge in [0.2, 0.25) is 11.8 Å². The van der Waals surface area contributed by atoms with Crippen LogP contribution in [0.25, 0.3) is 0 Å². The van der Waals surface area contributed by atoms with E-state index in [4.69, 9.17) is 21.1 Å². The van der Waals surface area contributed by atoms with E-state index in [-0.39, 0.29) is 41.9 Å². The van der Waals surface area contributed by atoms with Gasteiger partial charge in [0.1, 0.15) is 23.1 Å². The molecule has 264 valence electrons. The molecule has 6 atom stereocenters. The molecule has 3 fully saturated rings. The summed E-state index contributed by atoms with van der Waals surface area (Å²) in [6, 6.07) is 23.5. The number of phenols is 1. The molecule has 2 saturated heterocycles. The molecule has 2 N–H and O–H groups in total. The highest BCUT2D eigenvalue weighted by Gasteiger charge is 2.71. The number of allylic oxidation sites excluding steroid dienone is 2. The number of aromatic hydroxyl groups is 1. The first-order valence-corrected chi connectivity index (χ1v) is 17.2. The van der Waals surface area contributed by atoms with Crippen LogP contribution in [0.3, 0.4) is 0 Å². The lowest BCUT2D eigenvalue weighted by Crippen LogP contribution is -2.53. The predicted octanol–water partition coefficient (Wildman–Crippen LogP) is 6.39. The molecular formula is C40H33ClFN3O7. The van der Waals surface area contributed by atoms with Gasteiger partial charge in [-0.3, -0.25) is 29.5 Å². The van der Waals surface area contributed by atoms with Crippen molar-refractivity contribution < 1.29 is 38.1 Å². The lowest BCUT2D eigenvalue weighted by molar-refractivity contribution is -0.138. The molecule has 0 aromatic heterocycles. The lowest BCUT2D eigenvalue weighted by Gasteiger charge is -2.51. The molecule has 2 aliphatic heterocycles. The minimum Gasteiger partial charge on any atom is -0.508 e. The highest BCUT2D eigenvalue weighted by atomic mass is 35.5. The smallest absolute Gasteiger partial charge is 0.260 e. The molecule has 4 aromatic rings. The summed E-state index contributed by atoms with van der Waals surface area (Å²) in [5.41, 5.74) is 3.57. The molecule has 2 aliphatic carbocycles. The zero-order valence-corrected chi connectivity index (χ0v) is 28.8. The Hall–Kier alpha value is -5.68. The molecule has 52 heavy (non-hydrogen) atoms. The van der Waals surface area contributed by atoms with E-state index in [0.717, 1.165) is 5.01 Å². The Bertz CT molecular complexity index is 2140. The van der Waals surface area contributed by atoms with Crippen LogP contribution < -0.4 is 19.8 Å². The highest BCUT2D eigenvalue weighted by molar-refractivity contribution is 6.30. The number of hydrogen-bond acceptors (Lipinski definition) is 8. The number of ether oxygens (including phenoxy) is 2. The first kappa shape index (κ1) is 33.5. The minimum absolute atomic E-state index is 0.0582. The van der Waals surface area contributed by atoms with Gasteiger partial charge in [-0.05, 0) is 72.9 Å². The van der Waals surface area contributed by atoms with Crippen molar-refractivity contribution in [2.75, 3.05) is 24.5 Å². The minimum atomic E-state index is -1.66. The molecule has 4 aromatic carbocycles. The molecule has 2 heterocycles. The molecule has 0 radical (unpaired) electrons. The van der Waals surface area contributed by atoms with Crippen molar-refractivity contribution >= 4 is 46.6 Å². The molecule has 10 nitrogen and oxygen atoms in total. The van der Waals surface area contributed by atoms with Crippen molar-refractivity contribution in [1.29, 1.82) is 0 Å². The number of nitrogens with one attached hydrogen (secondary N) is 1. The van der Waals surface area contributed by atoms with E-state index in [1.54, 1.807) is 54.6 Å². The second-order valence-corrected chi connectivity index (χ2v) is 13.9. The molecule has 0 bridgehead atoms. The number of hydrogen-bond donors (Lipinski definition) is 2. The maximum absolute atomic E-state index is 15.4. The van der Waals surface area contributed by atoms with Gasteiger partial charge < -0.3 is 14.6 Å². The number of hydrazine groups is 1. The standard InChI is InChI=1S/C40H33ClFN3O7/c1-51-31-18-26(46)19-32(52-2)34(31)35-27-16-17-28-33(38(49)44(36(28)47)25-6-4-3-5-7-25)29(27)20-30-37(48)45(43-24-14-12-23(42)13-15-24)39(50)40(30,35)21-8-10-22(41)11-9-21/h3-16,18-19,28-30,33,35,43,46H,17,20H2,1-2H3. The van der Waals surface area contributed by atoms with Gasteiger partial charge in [0.25, 0.3) is 11.8 Å². The third-order valence-corrected chi connectivity index (χ3v) is 11.3. The van der Waals surface area contributed by atoms with Crippen LogP contribution in [0.4, 0.5) is 15.8 Å². The number of fused-ring (bicyclic) bond motifs is 4. The van der Waals surface area contributed by atoms with E-state index in [2.05, 4.69) is 5.43 Å². The number of benzene rings is 4. The third kappa shape index (κ3) is 4.82. The maximum Gasteiger partial charge on any atom is 0.260 e. The van der Waals surface area contributed by atoms with E-state index in [9.17, 15) is 23.9 Å². The number of anilines is 2. The molecule has 12 heteroatoms. The number of rotatable bonds is 7. The number of phenolic OH excluding ortho intramolecular Hbond substituents is 1. The average molecular weight is 722 g/mol. The molecule has 0 spiro atoms. The fourth-order valence-electron chi connectivity index (χ4n) is 9.01. The Labute approximate surface area is 303 Å². The van der Waals surface area contributed by atoms with Gasteiger partial charge in [-0.25, -0.2) is 4.39 Å². The molecule has 8 rings (SSSR count). The number of amides is 4. The summed E-state index contributed by atoms with van der Waals surface area (Å²) < 4.78 is 25.6. The fourth-order valence-corrected chi connectivity index (χ4v) is 9.14. The highest BCUT2D eigenvalue weighted by Crippen LogP contribution is 2.66. The Balaban J connectivity index is 1.38. The first-order valence-electron chi connectivity index (χ1n) is 16.8. The summed E-state index contributed by atoms with van der Waals surface area (Å²) in [6.45, 7) is 0. The summed E-state index contributed by atoms with van der Waals surface area (Å²) in [7, 11) is 2.85. The maximum atomic E-state index is 15.4. The molecule has 6 unspecified atom stereocenters. The SMILES string of the molecule is COc1cc(O)cc(OC)c1C1C2=CCC3C(=O)N(c4ccccc4)C(=O)C3C2CC2C(=O)N(Nc3ccc(F)cc3)C(=O)C21c1ccc(Cl)cc1. The normalized spacial score (nSPS) is 26.5. The molecular weight excluding hydrogens is 689 g/mol. The summed E-state index contributed by atoms with van der Waals surface area (Å²) >= 11 is 6.38. The van der Waals surface area contributed by atoms with E-state index >= 15 is 4.79 Å². The number of halogens is 2. The van der Waals surface area contributed by atoms with Crippen LogP contribution in [0.15, 0.2) is 103 Å². The average Bonchev–Trinajstić information content (AvgIpc) is 3.53. The molecule has 4 amide bonds. The number of methoxy groups -OCH3 is 2. The Kier molecular flexibility index (Phi) is 8.06. The van der Waals surface area contributed by atoms with Crippen molar-refractivity contribution in [3.8, 4) is 17.2 Å². The van der Waals surface area contributed by atoms with Crippen LogP contribution in [0, 0.1) is 29.5 Å². The Morgan fingerprint density at radius 2 is 1.50 bits per heavy atom. The van der Waals surface area contributed by atoms with Gasteiger partial charge in [0, 0.05) is 28.6 Å². The number of imide groups is 2. The summed E-state index contributed by atoms with van der Waals surface area (Å²) in [5, 5.41) is 12.1. The van der Waals surface area contributed by atoms with Gasteiger partial charge in [-0.15, -0.1) is 0 Å². The van der Waals surface area contributed by atoms with Crippen molar-refractivity contribution in [1.82, 2.24) is 5.01 Å². The van der Waals surface area contributed by atoms with Crippen molar-refractivity contribution in [3.05, 3.63) is 125 Å². The van der Waals surface area contributed by atoms with E-state index in [1.165, 1.54) is 55.5 Å². The lowest BCUT2D eigenvalue weighted by atomic mass is 9.49. The van der Waals surface area contributed by atoms with Crippen molar-refractivity contribution in [2.45, 2.75) is 24.2 Å². The van der Waals surface area contributed by atoms with Crippen LogP contribution in [-0.2, 0) is 24.6 Å². The third-order valence-electron chi connectivity index (χ3n) is 11.1. The van der Waals surface area contributed by atoms with Crippen LogP contribution in [-0.4, -0.2) is 48.0 Å². The van der Waals surface area contributed by atoms with Crippen LogP contribution in [0.2, 0.25) is 5.02 Å². The van der Waals surface area contributed by atoms with Crippen molar-refractivity contribution in [2.24, 2.45) is 23.7 Å². The number of para-hydroxylation sites is 1. The summed E-state index contributed by atoms with van der Waals surface area (Å²) in [6.07, 6.45) is 2.19. The first-order chi connectivity index (χ1) is 25.1. The van der Waals surface area contributed by atoms with Gasteiger partial charge in [-0.1, -0.05) is 53.6 Å². The molecule has 4 aliphatic rings. The second-order valence-electron chi connectivity index (χ2n) is 13.5. The monoisotopic (exact) mass is 721 g/mol. The Morgan fingerprint density at radius 3 is 2.13 bits per heavy atom. The van der Waals surface area contributed by atoms with Crippen LogP contribution in [0.1, 0.15) is 29.9 Å². The van der Waals surface area contributed by atoms with Gasteiger partial charge in [-0.2, -0.15) is 5.01 Å². The van der Waals surface area contributed by atoms with Gasteiger partial charge in [0.05, 0.1) is 48.8 Å². The summed E-state index contributed by atoms with van der Waals surface area (Å²) in [5.74, 6) is -6.34. The summed E-state index contributed by atoms with van der Waals surface area (Å²) in [4.78, 5) is 59.9. The number of nitrogens with zero attached hydrogens (tertiary/aromatic N) is 2. The Morgan fingerprint density at radius 1 is 0.846 bits per heavy atom. The predicted molar refractivity (Wildman–Crippen MR) is 189 cm³/mol. The van der Waals surface area contributed by atoms with E-state index < -0.39 is 52.6 Å². The van der Waals surface area contributed by atoms with Crippen LogP contribution in [0.5, 0.6) is 17.2 Å². The van der Waals surface area contributed by atoms with Crippen LogP contribution >= 0.6 is 11.6 Å². The topological polar surface area (TPSA) is 125 Å². The zero-order valence-electron chi connectivity index (χ0n) is 28.1. The number of carbonyl (C=O) groups is 4.